The van der Waals surface area contributed by atoms with E-state index in [2.05, 4.69) is 15.6 Å². The van der Waals surface area contributed by atoms with Gasteiger partial charge in [-0.15, -0.1) is 0 Å². The Bertz CT molecular complexity index is 511. The molecule has 0 saturated heterocycles. The predicted octanol–water partition coefficient (Wildman–Crippen LogP) is 2.38. The lowest BCUT2D eigenvalue weighted by Crippen LogP contribution is -2.12. The van der Waals surface area contributed by atoms with Crippen LogP contribution in [0.3, 0.4) is 0 Å². The normalized spacial score (nSPS) is 9.71. The molecule has 4 heteroatoms. The van der Waals surface area contributed by atoms with E-state index in [4.69, 9.17) is 0 Å². The van der Waals surface area contributed by atoms with Crippen LogP contribution in [0.5, 0.6) is 0 Å². The molecule has 0 bridgehead atoms. The average molecular weight is 227 g/mol. The van der Waals surface area contributed by atoms with E-state index in [0.717, 1.165) is 5.69 Å². The van der Waals surface area contributed by atoms with Crippen molar-refractivity contribution in [2.75, 3.05) is 17.7 Å². The average Bonchev–Trinajstić information content (AvgIpc) is 2.40. The van der Waals surface area contributed by atoms with Gasteiger partial charge in [-0.2, -0.15) is 0 Å². The van der Waals surface area contributed by atoms with Gasteiger partial charge in [0.1, 0.15) is 0 Å². The molecule has 0 unspecified atom stereocenters. The van der Waals surface area contributed by atoms with Crippen LogP contribution in [0.2, 0.25) is 0 Å². The summed E-state index contributed by atoms with van der Waals surface area (Å²) in [5.41, 5.74) is 2.21. The van der Waals surface area contributed by atoms with Gasteiger partial charge in [0.15, 0.2) is 0 Å². The van der Waals surface area contributed by atoms with Crippen molar-refractivity contribution in [1.82, 2.24) is 4.98 Å². The Morgan fingerprint density at radius 3 is 2.71 bits per heavy atom. The highest BCUT2D eigenvalue weighted by Gasteiger charge is 2.06. The molecule has 0 aliphatic heterocycles. The fourth-order valence-corrected chi connectivity index (χ4v) is 1.46. The van der Waals surface area contributed by atoms with E-state index < -0.39 is 0 Å². The zero-order valence-electron chi connectivity index (χ0n) is 9.47. The number of hydrogen-bond acceptors (Lipinski definition) is 3. The van der Waals surface area contributed by atoms with Crippen LogP contribution in [0.15, 0.2) is 48.8 Å². The van der Waals surface area contributed by atoms with Gasteiger partial charge in [-0.1, -0.05) is 6.07 Å². The SMILES string of the molecule is CNc1cccc(C(=O)Nc2cccnc2)c1. The molecule has 0 fully saturated rings. The lowest BCUT2D eigenvalue weighted by atomic mass is 10.2. The number of nitrogens with zero attached hydrogens (tertiary/aromatic N) is 1. The number of anilines is 2. The standard InChI is InChI=1S/C13H13N3O/c1-14-11-5-2-4-10(8-11)13(17)16-12-6-3-7-15-9-12/h2-9,14H,1H3,(H,16,17). The molecule has 0 saturated carbocycles. The van der Waals surface area contributed by atoms with Gasteiger partial charge < -0.3 is 10.6 Å². The van der Waals surface area contributed by atoms with Gasteiger partial charge in [0.05, 0.1) is 11.9 Å². The van der Waals surface area contributed by atoms with Gasteiger partial charge in [0.25, 0.3) is 5.91 Å². The number of carbonyl (C=O) groups is 1. The minimum atomic E-state index is -0.143. The van der Waals surface area contributed by atoms with Crippen molar-refractivity contribution >= 4 is 17.3 Å². The van der Waals surface area contributed by atoms with Crippen LogP contribution in [0, 0.1) is 0 Å². The molecule has 2 aromatic rings. The first-order valence-electron chi connectivity index (χ1n) is 5.29. The number of benzene rings is 1. The first kappa shape index (κ1) is 11.1. The van der Waals surface area contributed by atoms with E-state index in [1.165, 1.54) is 0 Å². The minimum absolute atomic E-state index is 0.143. The Kier molecular flexibility index (Phi) is 3.35. The Morgan fingerprint density at radius 1 is 1.18 bits per heavy atom. The van der Waals surface area contributed by atoms with Crippen LogP contribution in [-0.2, 0) is 0 Å². The van der Waals surface area contributed by atoms with E-state index in [-0.39, 0.29) is 5.91 Å². The molecule has 4 nitrogen and oxygen atoms in total. The summed E-state index contributed by atoms with van der Waals surface area (Å²) < 4.78 is 0. The first-order valence-corrected chi connectivity index (χ1v) is 5.29. The molecular weight excluding hydrogens is 214 g/mol. The highest BCUT2D eigenvalue weighted by molar-refractivity contribution is 6.04. The maximum Gasteiger partial charge on any atom is 0.255 e. The zero-order valence-corrected chi connectivity index (χ0v) is 9.47. The maximum atomic E-state index is 11.9. The Morgan fingerprint density at radius 2 is 2.00 bits per heavy atom. The van der Waals surface area contributed by atoms with Gasteiger partial charge in [-0.05, 0) is 30.3 Å². The van der Waals surface area contributed by atoms with E-state index >= 15 is 0 Å². The summed E-state index contributed by atoms with van der Waals surface area (Å²) in [7, 11) is 1.82. The summed E-state index contributed by atoms with van der Waals surface area (Å²) >= 11 is 0. The molecule has 0 aliphatic rings. The van der Waals surface area contributed by atoms with Crippen LogP contribution >= 0.6 is 0 Å². The second kappa shape index (κ2) is 5.12. The number of hydrogen-bond donors (Lipinski definition) is 2. The van der Waals surface area contributed by atoms with Crippen molar-refractivity contribution < 1.29 is 4.79 Å². The van der Waals surface area contributed by atoms with Crippen LogP contribution in [0.1, 0.15) is 10.4 Å². The minimum Gasteiger partial charge on any atom is -0.388 e. The molecule has 2 N–H and O–H groups in total. The van der Waals surface area contributed by atoms with Crippen molar-refractivity contribution in [2.24, 2.45) is 0 Å². The number of amides is 1. The van der Waals surface area contributed by atoms with Crippen LogP contribution in [0.4, 0.5) is 11.4 Å². The molecule has 86 valence electrons. The molecule has 1 amide bonds. The predicted molar refractivity (Wildman–Crippen MR) is 68.2 cm³/mol. The molecular formula is C13H13N3O. The summed E-state index contributed by atoms with van der Waals surface area (Å²) in [6, 6.07) is 10.9. The number of rotatable bonds is 3. The first-order chi connectivity index (χ1) is 8.29. The van der Waals surface area contributed by atoms with Gasteiger partial charge in [-0.25, -0.2) is 0 Å². The second-order valence-corrected chi connectivity index (χ2v) is 3.53. The summed E-state index contributed by atoms with van der Waals surface area (Å²) in [6.45, 7) is 0. The summed E-state index contributed by atoms with van der Waals surface area (Å²) in [5, 5.41) is 5.77. The topological polar surface area (TPSA) is 54.0 Å². The maximum absolute atomic E-state index is 11.9. The molecule has 1 aromatic heterocycles. The fraction of sp³-hybridized carbons (Fsp3) is 0.0769. The highest BCUT2D eigenvalue weighted by Crippen LogP contribution is 2.12. The summed E-state index contributed by atoms with van der Waals surface area (Å²) in [4.78, 5) is 15.9. The number of nitrogens with one attached hydrogen (secondary N) is 2. The van der Waals surface area contributed by atoms with Crippen LogP contribution in [0.25, 0.3) is 0 Å². The highest BCUT2D eigenvalue weighted by atomic mass is 16.1. The summed E-state index contributed by atoms with van der Waals surface area (Å²) in [6.07, 6.45) is 3.27. The van der Waals surface area contributed by atoms with E-state index in [1.807, 2.05) is 19.2 Å². The lowest BCUT2D eigenvalue weighted by molar-refractivity contribution is 0.102. The smallest absolute Gasteiger partial charge is 0.255 e. The quantitative estimate of drug-likeness (QED) is 0.846. The summed E-state index contributed by atoms with van der Waals surface area (Å²) in [5.74, 6) is -0.143. The molecule has 17 heavy (non-hydrogen) atoms. The van der Waals surface area contributed by atoms with Crippen molar-refractivity contribution in [3.8, 4) is 0 Å². The third-order valence-corrected chi connectivity index (χ3v) is 2.33. The molecule has 2 rings (SSSR count). The van der Waals surface area contributed by atoms with Gasteiger partial charge in [0, 0.05) is 24.5 Å². The number of pyridine rings is 1. The third-order valence-electron chi connectivity index (χ3n) is 2.33. The van der Waals surface area contributed by atoms with Gasteiger partial charge in [-0.3, -0.25) is 9.78 Å². The molecule has 1 aromatic carbocycles. The number of aromatic nitrogens is 1. The van der Waals surface area contributed by atoms with Crippen LogP contribution < -0.4 is 10.6 Å². The third kappa shape index (κ3) is 2.81. The second-order valence-electron chi connectivity index (χ2n) is 3.53. The Labute approximate surface area is 99.7 Å². The van der Waals surface area contributed by atoms with Gasteiger partial charge >= 0.3 is 0 Å². The van der Waals surface area contributed by atoms with Crippen molar-refractivity contribution in [2.45, 2.75) is 0 Å². The molecule has 0 atom stereocenters. The monoisotopic (exact) mass is 227 g/mol. The largest absolute Gasteiger partial charge is 0.388 e. The zero-order chi connectivity index (χ0) is 12.1. The van der Waals surface area contributed by atoms with Crippen molar-refractivity contribution in [1.29, 1.82) is 0 Å². The van der Waals surface area contributed by atoms with E-state index in [9.17, 15) is 4.79 Å². The van der Waals surface area contributed by atoms with E-state index in [1.54, 1.807) is 36.7 Å². The number of carbonyl (C=O) groups excluding carboxylic acids is 1. The Balaban J connectivity index is 2.14. The van der Waals surface area contributed by atoms with Gasteiger partial charge in [0.2, 0.25) is 0 Å². The van der Waals surface area contributed by atoms with E-state index in [0.29, 0.717) is 11.3 Å². The van der Waals surface area contributed by atoms with Crippen molar-refractivity contribution in [3.63, 3.8) is 0 Å². The van der Waals surface area contributed by atoms with Crippen LogP contribution in [-0.4, -0.2) is 17.9 Å². The molecule has 0 radical (unpaired) electrons. The molecule has 1 heterocycles. The lowest BCUT2D eigenvalue weighted by Gasteiger charge is -2.06. The fourth-order valence-electron chi connectivity index (χ4n) is 1.46. The molecule has 0 aliphatic carbocycles. The Hall–Kier alpha value is -2.36. The molecule has 0 spiro atoms. The van der Waals surface area contributed by atoms with Crippen molar-refractivity contribution in [3.05, 3.63) is 54.4 Å².